The number of hydrogen-bond donors (Lipinski definition) is 1. The number of rotatable bonds is 4. The predicted octanol–water partition coefficient (Wildman–Crippen LogP) is 3.37. The Bertz CT molecular complexity index is 783. The van der Waals surface area contributed by atoms with E-state index in [1.54, 1.807) is 6.07 Å². The van der Waals surface area contributed by atoms with Gasteiger partial charge in [0, 0.05) is 0 Å². The van der Waals surface area contributed by atoms with Crippen molar-refractivity contribution in [2.75, 3.05) is 5.73 Å². The summed E-state index contributed by atoms with van der Waals surface area (Å²) in [5, 5.41) is 11.6. The van der Waals surface area contributed by atoms with Crippen molar-refractivity contribution in [3.05, 3.63) is 57.6 Å². The Kier molecular flexibility index (Phi) is 3.41. The lowest BCUT2D eigenvalue weighted by atomic mass is 10.2. The van der Waals surface area contributed by atoms with E-state index in [1.807, 2.05) is 24.3 Å². The van der Waals surface area contributed by atoms with E-state index in [2.05, 4.69) is 4.98 Å². The second-order valence-electron chi connectivity index (χ2n) is 4.34. The van der Waals surface area contributed by atoms with E-state index in [4.69, 9.17) is 10.5 Å². The van der Waals surface area contributed by atoms with Crippen LogP contribution in [0.3, 0.4) is 0 Å². The third-order valence-electron chi connectivity index (χ3n) is 2.90. The van der Waals surface area contributed by atoms with Crippen LogP contribution in [0.1, 0.15) is 5.01 Å². The number of nitrogen functional groups attached to an aromatic ring is 1. The molecule has 0 spiro atoms. The molecule has 6 nitrogen and oxygen atoms in total. The van der Waals surface area contributed by atoms with Crippen LogP contribution in [0.5, 0.6) is 5.75 Å². The van der Waals surface area contributed by atoms with Gasteiger partial charge in [-0.15, -0.1) is 11.3 Å². The smallest absolute Gasteiger partial charge is 0.295 e. The van der Waals surface area contributed by atoms with Gasteiger partial charge in [-0.3, -0.25) is 10.1 Å². The molecule has 2 aromatic carbocycles. The highest BCUT2D eigenvalue weighted by molar-refractivity contribution is 7.18. The van der Waals surface area contributed by atoms with Gasteiger partial charge in [-0.1, -0.05) is 12.1 Å². The lowest BCUT2D eigenvalue weighted by Crippen LogP contribution is -1.98. The summed E-state index contributed by atoms with van der Waals surface area (Å²) >= 11 is 1.54. The normalized spacial score (nSPS) is 10.7. The van der Waals surface area contributed by atoms with Gasteiger partial charge in [-0.2, -0.15) is 0 Å². The van der Waals surface area contributed by atoms with Crippen molar-refractivity contribution in [2.24, 2.45) is 0 Å². The first-order valence-electron chi connectivity index (χ1n) is 6.14. The second-order valence-corrected chi connectivity index (χ2v) is 5.46. The van der Waals surface area contributed by atoms with Crippen molar-refractivity contribution in [3.8, 4) is 5.75 Å². The molecule has 0 saturated heterocycles. The molecule has 0 saturated carbocycles. The van der Waals surface area contributed by atoms with Crippen LogP contribution in [0.15, 0.2) is 42.5 Å². The Balaban J connectivity index is 1.78. The van der Waals surface area contributed by atoms with Crippen molar-refractivity contribution in [3.63, 3.8) is 0 Å². The molecule has 1 aromatic heterocycles. The summed E-state index contributed by atoms with van der Waals surface area (Å²) in [4.78, 5) is 14.7. The highest BCUT2D eigenvalue weighted by Gasteiger charge is 2.13. The van der Waals surface area contributed by atoms with Crippen LogP contribution in [0.4, 0.5) is 11.4 Å². The molecule has 0 aliphatic heterocycles. The van der Waals surface area contributed by atoms with Crippen molar-refractivity contribution in [1.82, 2.24) is 4.98 Å². The van der Waals surface area contributed by atoms with Crippen LogP contribution < -0.4 is 10.5 Å². The molecular weight excluding hydrogens is 290 g/mol. The first-order valence-corrected chi connectivity index (χ1v) is 6.96. The number of aromatic nitrogens is 1. The quantitative estimate of drug-likeness (QED) is 0.453. The number of ether oxygens (including phenoxy) is 1. The minimum atomic E-state index is -0.528. The molecule has 3 rings (SSSR count). The molecule has 0 fully saturated rings. The minimum absolute atomic E-state index is 0.118. The standard InChI is InChI=1S/C14H11N3O3S/c15-10-6-5-9(7-12(10)17(18)19)20-8-14-16-11-3-1-2-4-13(11)21-14/h1-7H,8,15H2. The van der Waals surface area contributed by atoms with Crippen LogP contribution >= 0.6 is 11.3 Å². The summed E-state index contributed by atoms with van der Waals surface area (Å²) in [6, 6.07) is 12.2. The van der Waals surface area contributed by atoms with Crippen molar-refractivity contribution in [1.29, 1.82) is 0 Å². The van der Waals surface area contributed by atoms with E-state index in [0.717, 1.165) is 15.2 Å². The summed E-state index contributed by atoms with van der Waals surface area (Å²) in [6.07, 6.45) is 0. The van der Waals surface area contributed by atoms with Crippen LogP contribution in [0.2, 0.25) is 0 Å². The van der Waals surface area contributed by atoms with Gasteiger partial charge >= 0.3 is 0 Å². The first kappa shape index (κ1) is 13.3. The fourth-order valence-electron chi connectivity index (χ4n) is 1.90. The number of nitrogens with two attached hydrogens (primary N) is 1. The number of nitrogens with zero attached hydrogens (tertiary/aromatic N) is 2. The third-order valence-corrected chi connectivity index (χ3v) is 3.91. The van der Waals surface area contributed by atoms with Crippen LogP contribution in [-0.4, -0.2) is 9.91 Å². The van der Waals surface area contributed by atoms with E-state index in [0.29, 0.717) is 5.75 Å². The van der Waals surface area contributed by atoms with E-state index < -0.39 is 4.92 Å². The van der Waals surface area contributed by atoms with Gasteiger partial charge < -0.3 is 10.5 Å². The maximum Gasteiger partial charge on any atom is 0.295 e. The summed E-state index contributed by atoms with van der Waals surface area (Å²) in [5.74, 6) is 0.398. The zero-order valence-corrected chi connectivity index (χ0v) is 11.7. The SMILES string of the molecule is Nc1ccc(OCc2nc3ccccc3s2)cc1[N+](=O)[O-]. The number of fused-ring (bicyclic) bond motifs is 1. The Morgan fingerprint density at radius 2 is 2.10 bits per heavy atom. The number of thiazole rings is 1. The topological polar surface area (TPSA) is 91.3 Å². The van der Waals surface area contributed by atoms with Crippen molar-refractivity contribution in [2.45, 2.75) is 6.61 Å². The van der Waals surface area contributed by atoms with Gasteiger partial charge in [0.25, 0.3) is 5.69 Å². The maximum absolute atomic E-state index is 10.8. The average Bonchev–Trinajstić information content (AvgIpc) is 2.89. The number of anilines is 1. The van der Waals surface area contributed by atoms with Gasteiger partial charge in [-0.05, 0) is 24.3 Å². The zero-order chi connectivity index (χ0) is 14.8. The summed E-state index contributed by atoms with van der Waals surface area (Å²) in [7, 11) is 0. The summed E-state index contributed by atoms with van der Waals surface area (Å²) in [5.41, 5.74) is 6.42. The molecule has 2 N–H and O–H groups in total. The highest BCUT2D eigenvalue weighted by Crippen LogP contribution is 2.28. The summed E-state index contributed by atoms with van der Waals surface area (Å²) in [6.45, 7) is 0.264. The van der Waals surface area contributed by atoms with Gasteiger partial charge in [-0.25, -0.2) is 4.98 Å². The minimum Gasteiger partial charge on any atom is -0.486 e. The number of nitro groups is 1. The molecule has 0 bridgehead atoms. The average molecular weight is 301 g/mol. The van der Waals surface area contributed by atoms with Crippen LogP contribution in [0, 0.1) is 10.1 Å². The molecule has 0 atom stereocenters. The Morgan fingerprint density at radius 3 is 2.86 bits per heavy atom. The molecule has 106 valence electrons. The second kappa shape index (κ2) is 5.37. The van der Waals surface area contributed by atoms with Crippen LogP contribution in [-0.2, 0) is 6.61 Å². The van der Waals surface area contributed by atoms with E-state index in [-0.39, 0.29) is 18.0 Å². The van der Waals surface area contributed by atoms with Crippen LogP contribution in [0.25, 0.3) is 10.2 Å². The monoisotopic (exact) mass is 301 g/mol. The van der Waals surface area contributed by atoms with E-state index in [9.17, 15) is 10.1 Å². The Hall–Kier alpha value is -2.67. The summed E-state index contributed by atoms with van der Waals surface area (Å²) < 4.78 is 6.64. The van der Waals surface area contributed by atoms with Crippen molar-refractivity contribution >= 4 is 32.9 Å². The molecule has 7 heteroatoms. The van der Waals surface area contributed by atoms with Gasteiger partial charge in [0.1, 0.15) is 23.1 Å². The number of hydrogen-bond acceptors (Lipinski definition) is 6. The lowest BCUT2D eigenvalue weighted by Gasteiger charge is -2.04. The van der Waals surface area contributed by atoms with Gasteiger partial charge in [0.05, 0.1) is 21.2 Å². The largest absolute Gasteiger partial charge is 0.486 e. The molecule has 3 aromatic rings. The lowest BCUT2D eigenvalue weighted by molar-refractivity contribution is -0.384. The third kappa shape index (κ3) is 2.77. The molecule has 0 aliphatic rings. The molecule has 1 heterocycles. The molecule has 0 amide bonds. The maximum atomic E-state index is 10.8. The Labute approximate surface area is 124 Å². The van der Waals surface area contributed by atoms with Gasteiger partial charge in [0.2, 0.25) is 0 Å². The zero-order valence-electron chi connectivity index (χ0n) is 10.9. The fraction of sp³-hybridized carbons (Fsp3) is 0.0714. The van der Waals surface area contributed by atoms with Crippen molar-refractivity contribution < 1.29 is 9.66 Å². The molecule has 0 radical (unpaired) electrons. The number of benzene rings is 2. The fourth-order valence-corrected chi connectivity index (χ4v) is 2.78. The molecule has 21 heavy (non-hydrogen) atoms. The van der Waals surface area contributed by atoms with E-state index in [1.165, 1.54) is 23.5 Å². The number of nitro benzene ring substituents is 1. The molecule has 0 aliphatic carbocycles. The predicted molar refractivity (Wildman–Crippen MR) is 81.5 cm³/mol. The van der Waals surface area contributed by atoms with Gasteiger partial charge in [0.15, 0.2) is 0 Å². The molecule has 0 unspecified atom stereocenters. The first-order chi connectivity index (χ1) is 10.1. The number of para-hydroxylation sites is 1. The Morgan fingerprint density at radius 1 is 1.29 bits per heavy atom. The highest BCUT2D eigenvalue weighted by atomic mass is 32.1. The van der Waals surface area contributed by atoms with E-state index >= 15 is 0 Å². The molecular formula is C14H11N3O3S.